The first-order valence-corrected chi connectivity index (χ1v) is 9.45. The van der Waals surface area contributed by atoms with E-state index in [2.05, 4.69) is 20.9 Å². The summed E-state index contributed by atoms with van der Waals surface area (Å²) < 4.78 is 10.6. The van der Waals surface area contributed by atoms with Gasteiger partial charge in [-0.3, -0.25) is 10.3 Å². The zero-order chi connectivity index (χ0) is 20.1. The highest BCUT2D eigenvalue weighted by Crippen LogP contribution is 2.13. The Morgan fingerprint density at radius 1 is 1.11 bits per heavy atom. The number of nitrogens with zero attached hydrogens (tertiary/aromatic N) is 1. The van der Waals surface area contributed by atoms with Gasteiger partial charge in [-0.15, -0.1) is 0 Å². The van der Waals surface area contributed by atoms with E-state index in [1.54, 1.807) is 7.05 Å². The van der Waals surface area contributed by atoms with E-state index < -0.39 is 11.7 Å². The van der Waals surface area contributed by atoms with E-state index in [1.165, 1.54) is 5.56 Å². The SMILES string of the molecule is CCOCCCNC(=NC)NCCc1ccc(NC(=O)OC(C)(C)C)cc1. The van der Waals surface area contributed by atoms with Gasteiger partial charge < -0.3 is 20.1 Å². The van der Waals surface area contributed by atoms with Gasteiger partial charge in [0, 0.05) is 39.0 Å². The quantitative estimate of drug-likeness (QED) is 0.349. The molecule has 0 aliphatic rings. The van der Waals surface area contributed by atoms with E-state index in [4.69, 9.17) is 9.47 Å². The van der Waals surface area contributed by atoms with Crippen LogP contribution in [-0.2, 0) is 15.9 Å². The molecule has 0 aliphatic carbocycles. The molecule has 0 heterocycles. The smallest absolute Gasteiger partial charge is 0.412 e. The monoisotopic (exact) mass is 378 g/mol. The zero-order valence-electron chi connectivity index (χ0n) is 17.2. The van der Waals surface area contributed by atoms with Gasteiger partial charge in [0.1, 0.15) is 5.60 Å². The van der Waals surface area contributed by atoms with Crippen molar-refractivity contribution in [2.24, 2.45) is 4.99 Å². The molecule has 0 unspecified atom stereocenters. The van der Waals surface area contributed by atoms with E-state index in [0.717, 1.165) is 45.1 Å². The van der Waals surface area contributed by atoms with Crippen LogP contribution >= 0.6 is 0 Å². The van der Waals surface area contributed by atoms with Crippen molar-refractivity contribution in [3.05, 3.63) is 29.8 Å². The largest absolute Gasteiger partial charge is 0.444 e. The third-order valence-corrected chi connectivity index (χ3v) is 3.49. The van der Waals surface area contributed by atoms with Crippen molar-refractivity contribution < 1.29 is 14.3 Å². The lowest BCUT2D eigenvalue weighted by Crippen LogP contribution is -2.39. The maximum Gasteiger partial charge on any atom is 0.412 e. The van der Waals surface area contributed by atoms with Gasteiger partial charge in [0.25, 0.3) is 0 Å². The van der Waals surface area contributed by atoms with Crippen molar-refractivity contribution in [3.63, 3.8) is 0 Å². The van der Waals surface area contributed by atoms with Crippen LogP contribution in [0, 0.1) is 0 Å². The summed E-state index contributed by atoms with van der Waals surface area (Å²) >= 11 is 0. The van der Waals surface area contributed by atoms with Crippen LogP contribution < -0.4 is 16.0 Å². The second kappa shape index (κ2) is 12.2. The number of amides is 1. The summed E-state index contributed by atoms with van der Waals surface area (Å²) in [7, 11) is 1.76. The lowest BCUT2D eigenvalue weighted by molar-refractivity contribution is 0.0636. The van der Waals surface area contributed by atoms with Crippen LogP contribution in [0.25, 0.3) is 0 Å². The summed E-state index contributed by atoms with van der Waals surface area (Å²) in [5, 5.41) is 9.28. The van der Waals surface area contributed by atoms with E-state index in [-0.39, 0.29) is 0 Å². The Bertz CT molecular complexity index is 580. The second-order valence-electron chi connectivity index (χ2n) is 7.05. The van der Waals surface area contributed by atoms with Gasteiger partial charge in [-0.2, -0.15) is 0 Å². The molecule has 0 saturated carbocycles. The lowest BCUT2D eigenvalue weighted by Gasteiger charge is -2.19. The molecule has 1 amide bonds. The average Bonchev–Trinajstić information content (AvgIpc) is 2.59. The summed E-state index contributed by atoms with van der Waals surface area (Å²) in [5.74, 6) is 0.787. The fraction of sp³-hybridized carbons (Fsp3) is 0.600. The molecule has 1 aromatic rings. The molecule has 0 aromatic heterocycles. The lowest BCUT2D eigenvalue weighted by atomic mass is 10.1. The Morgan fingerprint density at radius 3 is 2.37 bits per heavy atom. The molecule has 0 spiro atoms. The van der Waals surface area contributed by atoms with Gasteiger partial charge in [0.05, 0.1) is 0 Å². The van der Waals surface area contributed by atoms with E-state index in [1.807, 2.05) is 52.0 Å². The van der Waals surface area contributed by atoms with Gasteiger partial charge in [0.15, 0.2) is 5.96 Å². The number of anilines is 1. The molecule has 0 saturated heterocycles. The maximum atomic E-state index is 11.8. The number of hydrogen-bond acceptors (Lipinski definition) is 4. The molecule has 27 heavy (non-hydrogen) atoms. The van der Waals surface area contributed by atoms with Crippen LogP contribution in [0.15, 0.2) is 29.3 Å². The van der Waals surface area contributed by atoms with Crippen LogP contribution in [0.2, 0.25) is 0 Å². The third kappa shape index (κ3) is 11.1. The van der Waals surface area contributed by atoms with Crippen molar-refractivity contribution >= 4 is 17.7 Å². The van der Waals surface area contributed by atoms with E-state index in [9.17, 15) is 4.79 Å². The molecule has 1 aromatic carbocycles. The normalized spacial score (nSPS) is 11.8. The number of carbonyl (C=O) groups excluding carboxylic acids is 1. The minimum atomic E-state index is -0.509. The van der Waals surface area contributed by atoms with Crippen molar-refractivity contribution in [1.29, 1.82) is 0 Å². The van der Waals surface area contributed by atoms with Crippen LogP contribution in [-0.4, -0.2) is 51.0 Å². The number of benzene rings is 1. The highest BCUT2D eigenvalue weighted by molar-refractivity contribution is 5.84. The maximum absolute atomic E-state index is 11.8. The first kappa shape index (κ1) is 22.8. The summed E-state index contributed by atoms with van der Waals surface area (Å²) in [6.45, 7) is 10.6. The van der Waals surface area contributed by atoms with Crippen LogP contribution in [0.4, 0.5) is 10.5 Å². The van der Waals surface area contributed by atoms with Crippen molar-refractivity contribution in [2.75, 3.05) is 38.7 Å². The number of aliphatic imine (C=N–C) groups is 1. The number of hydrogen-bond donors (Lipinski definition) is 3. The molecule has 0 fully saturated rings. The summed E-state index contributed by atoms with van der Waals surface area (Å²) in [5.41, 5.74) is 1.38. The van der Waals surface area contributed by atoms with Gasteiger partial charge >= 0.3 is 6.09 Å². The first-order chi connectivity index (χ1) is 12.8. The number of rotatable bonds is 9. The molecule has 7 nitrogen and oxygen atoms in total. The highest BCUT2D eigenvalue weighted by Gasteiger charge is 2.16. The van der Waals surface area contributed by atoms with Crippen LogP contribution in [0.5, 0.6) is 0 Å². The Balaban J connectivity index is 2.31. The minimum Gasteiger partial charge on any atom is -0.444 e. The number of carbonyl (C=O) groups is 1. The molecule has 7 heteroatoms. The van der Waals surface area contributed by atoms with E-state index in [0.29, 0.717) is 5.69 Å². The molecule has 3 N–H and O–H groups in total. The molecular weight excluding hydrogens is 344 g/mol. The van der Waals surface area contributed by atoms with Gasteiger partial charge in [-0.05, 0) is 58.2 Å². The molecular formula is C20H34N4O3. The van der Waals surface area contributed by atoms with E-state index >= 15 is 0 Å². The number of guanidine groups is 1. The topological polar surface area (TPSA) is 84.0 Å². The van der Waals surface area contributed by atoms with Crippen molar-refractivity contribution in [2.45, 2.75) is 46.1 Å². The average molecular weight is 379 g/mol. The number of ether oxygens (including phenoxy) is 2. The summed E-state index contributed by atoms with van der Waals surface area (Å²) in [6, 6.07) is 7.74. The second-order valence-corrected chi connectivity index (χ2v) is 7.05. The fourth-order valence-electron chi connectivity index (χ4n) is 2.25. The molecule has 0 radical (unpaired) electrons. The predicted octanol–water partition coefficient (Wildman–Crippen LogP) is 3.17. The Kier molecular flexibility index (Phi) is 10.3. The van der Waals surface area contributed by atoms with Gasteiger partial charge in [0.2, 0.25) is 0 Å². The molecule has 0 atom stereocenters. The Labute approximate surface area is 162 Å². The first-order valence-electron chi connectivity index (χ1n) is 9.45. The van der Waals surface area contributed by atoms with Crippen LogP contribution in [0.1, 0.15) is 39.7 Å². The molecule has 0 aliphatic heterocycles. The Hall–Kier alpha value is -2.28. The summed E-state index contributed by atoms with van der Waals surface area (Å²) in [4.78, 5) is 16.0. The summed E-state index contributed by atoms with van der Waals surface area (Å²) in [6.07, 6.45) is 1.35. The zero-order valence-corrected chi connectivity index (χ0v) is 17.2. The van der Waals surface area contributed by atoms with Crippen LogP contribution in [0.3, 0.4) is 0 Å². The van der Waals surface area contributed by atoms with Gasteiger partial charge in [-0.25, -0.2) is 4.79 Å². The Morgan fingerprint density at radius 2 is 1.78 bits per heavy atom. The standard InChI is InChI=1S/C20H34N4O3/c1-6-26-15-7-13-22-18(21-5)23-14-12-16-8-10-17(11-9-16)24-19(25)27-20(2,3)4/h8-11H,6-7,12-15H2,1-5H3,(H,24,25)(H2,21,22,23). The third-order valence-electron chi connectivity index (χ3n) is 3.49. The fourth-order valence-corrected chi connectivity index (χ4v) is 2.25. The molecule has 1 rings (SSSR count). The van der Waals surface area contributed by atoms with Gasteiger partial charge in [-0.1, -0.05) is 12.1 Å². The predicted molar refractivity (Wildman–Crippen MR) is 110 cm³/mol. The molecule has 0 bridgehead atoms. The minimum absolute atomic E-state index is 0.448. The highest BCUT2D eigenvalue weighted by atomic mass is 16.6. The molecule has 152 valence electrons. The number of nitrogens with one attached hydrogen (secondary N) is 3. The van der Waals surface area contributed by atoms with Crippen molar-refractivity contribution in [1.82, 2.24) is 10.6 Å². The van der Waals surface area contributed by atoms with Crippen molar-refractivity contribution in [3.8, 4) is 0 Å².